The van der Waals surface area contributed by atoms with Crippen molar-refractivity contribution in [3.8, 4) is 0 Å². The summed E-state index contributed by atoms with van der Waals surface area (Å²) in [4.78, 5) is 11.6. The number of amides is 2. The summed E-state index contributed by atoms with van der Waals surface area (Å²) in [7, 11) is 0. The topological polar surface area (TPSA) is 61.4 Å². The van der Waals surface area contributed by atoms with Crippen molar-refractivity contribution in [1.29, 1.82) is 0 Å². The molecule has 5 heteroatoms. The zero-order chi connectivity index (χ0) is 15.8. The number of urea groups is 1. The van der Waals surface area contributed by atoms with Crippen LogP contribution in [0.4, 0.5) is 9.18 Å². The number of rotatable bonds is 5. The molecule has 0 spiro atoms. The number of hydrogen-bond acceptors (Lipinski definition) is 2. The number of aliphatic hydroxyl groups excluding tert-OH is 1. The number of halogens is 1. The summed E-state index contributed by atoms with van der Waals surface area (Å²) in [6.45, 7) is 0.379. The van der Waals surface area contributed by atoms with Gasteiger partial charge >= 0.3 is 6.03 Å². The fraction of sp³-hybridized carbons (Fsp3) is 0.118. The van der Waals surface area contributed by atoms with Crippen molar-refractivity contribution in [3.05, 3.63) is 77.2 Å². The Morgan fingerprint density at radius 3 is 2.55 bits per heavy atom. The van der Waals surface area contributed by atoms with Crippen LogP contribution in [0.25, 0.3) is 6.08 Å². The monoisotopic (exact) mass is 300 g/mol. The van der Waals surface area contributed by atoms with Gasteiger partial charge in [0.1, 0.15) is 5.82 Å². The highest BCUT2D eigenvalue weighted by Crippen LogP contribution is 2.05. The summed E-state index contributed by atoms with van der Waals surface area (Å²) in [5.74, 6) is -0.321. The summed E-state index contributed by atoms with van der Waals surface area (Å²) in [6.07, 6.45) is 3.07. The van der Waals surface area contributed by atoms with E-state index < -0.39 is 0 Å². The van der Waals surface area contributed by atoms with Gasteiger partial charge in [0.2, 0.25) is 0 Å². The Bertz CT molecular complexity index is 654. The molecule has 0 saturated carbocycles. The number of benzene rings is 2. The van der Waals surface area contributed by atoms with E-state index in [-0.39, 0.29) is 18.5 Å². The summed E-state index contributed by atoms with van der Waals surface area (Å²) < 4.78 is 13.0. The van der Waals surface area contributed by atoms with E-state index in [0.717, 1.165) is 11.1 Å². The van der Waals surface area contributed by atoms with Crippen LogP contribution in [0.2, 0.25) is 0 Å². The second-order valence-corrected chi connectivity index (χ2v) is 4.69. The fourth-order valence-corrected chi connectivity index (χ4v) is 1.82. The molecule has 0 saturated heterocycles. The summed E-state index contributed by atoms with van der Waals surface area (Å²) >= 11 is 0. The van der Waals surface area contributed by atoms with Crippen molar-refractivity contribution in [2.45, 2.75) is 13.2 Å². The smallest absolute Gasteiger partial charge is 0.319 e. The number of nitrogens with one attached hydrogen (secondary N) is 2. The van der Waals surface area contributed by atoms with E-state index in [1.807, 2.05) is 12.1 Å². The maximum absolute atomic E-state index is 13.0. The zero-order valence-electron chi connectivity index (χ0n) is 11.9. The van der Waals surface area contributed by atoms with Gasteiger partial charge in [-0.05, 0) is 34.9 Å². The van der Waals surface area contributed by atoms with E-state index in [9.17, 15) is 9.18 Å². The average Bonchev–Trinajstić information content (AvgIpc) is 2.53. The molecule has 0 fully saturated rings. The molecule has 0 aliphatic rings. The number of aliphatic hydroxyl groups is 1. The van der Waals surface area contributed by atoms with Crippen molar-refractivity contribution >= 4 is 12.1 Å². The largest absolute Gasteiger partial charge is 0.392 e. The summed E-state index contributed by atoms with van der Waals surface area (Å²) in [6, 6.07) is 13.0. The van der Waals surface area contributed by atoms with Crippen molar-refractivity contribution in [2.75, 3.05) is 0 Å². The third-order valence-electron chi connectivity index (χ3n) is 3.00. The van der Waals surface area contributed by atoms with Crippen molar-refractivity contribution in [2.24, 2.45) is 0 Å². The molecule has 0 heterocycles. The molecule has 0 radical (unpaired) electrons. The molecule has 0 aliphatic heterocycles. The lowest BCUT2D eigenvalue weighted by atomic mass is 10.1. The average molecular weight is 300 g/mol. The maximum atomic E-state index is 13.0. The first-order valence-electron chi connectivity index (χ1n) is 6.82. The van der Waals surface area contributed by atoms with E-state index in [0.29, 0.717) is 12.1 Å². The Labute approximate surface area is 128 Å². The molecule has 2 amide bonds. The van der Waals surface area contributed by atoms with Gasteiger partial charge in [0.25, 0.3) is 0 Å². The molecule has 0 aromatic heterocycles. The third-order valence-corrected chi connectivity index (χ3v) is 3.00. The summed E-state index contributed by atoms with van der Waals surface area (Å²) in [5.41, 5.74) is 2.42. The lowest BCUT2D eigenvalue weighted by Gasteiger charge is -2.05. The SMILES string of the molecule is O=C(N/C=C/c1cccc(F)c1)NCc1ccc(CO)cc1. The first-order valence-corrected chi connectivity index (χ1v) is 6.82. The molecular formula is C17H17FN2O2. The molecule has 0 atom stereocenters. The lowest BCUT2D eigenvalue weighted by molar-refractivity contribution is 0.244. The van der Waals surface area contributed by atoms with Gasteiger partial charge in [-0.1, -0.05) is 36.4 Å². The van der Waals surface area contributed by atoms with Gasteiger partial charge in [0.05, 0.1) is 6.61 Å². The Morgan fingerprint density at radius 1 is 1.14 bits per heavy atom. The van der Waals surface area contributed by atoms with Gasteiger partial charge < -0.3 is 15.7 Å². The fourth-order valence-electron chi connectivity index (χ4n) is 1.82. The third kappa shape index (κ3) is 5.03. The van der Waals surface area contributed by atoms with Gasteiger partial charge in [-0.2, -0.15) is 0 Å². The maximum Gasteiger partial charge on any atom is 0.319 e. The van der Waals surface area contributed by atoms with Crippen LogP contribution >= 0.6 is 0 Å². The molecule has 0 unspecified atom stereocenters. The number of hydrogen-bond donors (Lipinski definition) is 3. The van der Waals surface area contributed by atoms with E-state index >= 15 is 0 Å². The lowest BCUT2D eigenvalue weighted by Crippen LogP contribution is -2.31. The van der Waals surface area contributed by atoms with Gasteiger partial charge in [0.15, 0.2) is 0 Å². The van der Waals surface area contributed by atoms with Crippen LogP contribution in [0.5, 0.6) is 0 Å². The summed E-state index contributed by atoms with van der Waals surface area (Å²) in [5, 5.41) is 14.2. The van der Waals surface area contributed by atoms with Crippen LogP contribution in [0, 0.1) is 5.82 Å². The Morgan fingerprint density at radius 2 is 1.86 bits per heavy atom. The molecule has 0 bridgehead atoms. The minimum Gasteiger partial charge on any atom is -0.392 e. The Balaban J connectivity index is 1.77. The van der Waals surface area contributed by atoms with E-state index in [2.05, 4.69) is 10.6 Å². The van der Waals surface area contributed by atoms with Crippen LogP contribution in [0.3, 0.4) is 0 Å². The predicted molar refractivity (Wildman–Crippen MR) is 83.2 cm³/mol. The van der Waals surface area contributed by atoms with Gasteiger partial charge in [0, 0.05) is 12.7 Å². The standard InChI is InChI=1S/C17H17FN2O2/c18-16-3-1-2-13(10-16)8-9-19-17(22)20-11-14-4-6-15(12-21)7-5-14/h1-10,21H,11-12H2,(H2,19,20,22)/b9-8+. The predicted octanol–water partition coefficient (Wildman–Crippen LogP) is 2.79. The molecule has 4 nitrogen and oxygen atoms in total. The van der Waals surface area contributed by atoms with Crippen LogP contribution in [-0.4, -0.2) is 11.1 Å². The second-order valence-electron chi connectivity index (χ2n) is 4.69. The van der Waals surface area contributed by atoms with Crippen molar-refractivity contribution < 1.29 is 14.3 Å². The second kappa shape index (κ2) is 7.95. The van der Waals surface area contributed by atoms with Crippen LogP contribution in [0.1, 0.15) is 16.7 Å². The van der Waals surface area contributed by atoms with Gasteiger partial charge in [-0.25, -0.2) is 9.18 Å². The minimum absolute atomic E-state index is 0.000923. The Kier molecular flexibility index (Phi) is 5.68. The first-order chi connectivity index (χ1) is 10.7. The van der Waals surface area contributed by atoms with E-state index in [4.69, 9.17) is 5.11 Å². The molecule has 114 valence electrons. The highest BCUT2D eigenvalue weighted by molar-refractivity contribution is 5.75. The quantitative estimate of drug-likeness (QED) is 0.795. The van der Waals surface area contributed by atoms with Gasteiger partial charge in [-0.3, -0.25) is 0 Å². The highest BCUT2D eigenvalue weighted by atomic mass is 19.1. The van der Waals surface area contributed by atoms with Crippen LogP contribution in [0.15, 0.2) is 54.7 Å². The van der Waals surface area contributed by atoms with E-state index in [1.54, 1.807) is 30.3 Å². The molecule has 2 aromatic rings. The van der Waals surface area contributed by atoms with Crippen molar-refractivity contribution in [3.63, 3.8) is 0 Å². The zero-order valence-corrected chi connectivity index (χ0v) is 11.9. The van der Waals surface area contributed by atoms with Crippen LogP contribution < -0.4 is 10.6 Å². The van der Waals surface area contributed by atoms with Crippen LogP contribution in [-0.2, 0) is 13.2 Å². The molecular weight excluding hydrogens is 283 g/mol. The first kappa shape index (κ1) is 15.7. The molecule has 22 heavy (non-hydrogen) atoms. The molecule has 2 aromatic carbocycles. The molecule has 3 N–H and O–H groups in total. The minimum atomic E-state index is -0.348. The normalized spacial score (nSPS) is 10.6. The number of carbonyl (C=O) groups excluding carboxylic acids is 1. The highest BCUT2D eigenvalue weighted by Gasteiger charge is 1.98. The van der Waals surface area contributed by atoms with Gasteiger partial charge in [-0.15, -0.1) is 0 Å². The van der Waals surface area contributed by atoms with Crippen molar-refractivity contribution in [1.82, 2.24) is 10.6 Å². The number of carbonyl (C=O) groups is 1. The Hall–Kier alpha value is -2.66. The van der Waals surface area contributed by atoms with E-state index in [1.165, 1.54) is 18.3 Å². The molecule has 2 rings (SSSR count). The molecule has 0 aliphatic carbocycles.